The first-order chi connectivity index (χ1) is 17.5. The lowest BCUT2D eigenvalue weighted by Gasteiger charge is -2.23. The van der Waals surface area contributed by atoms with Gasteiger partial charge in [-0.05, 0) is 60.4 Å². The van der Waals surface area contributed by atoms with Crippen LogP contribution in [0.5, 0.6) is 5.75 Å². The van der Waals surface area contributed by atoms with Crippen molar-refractivity contribution in [3.63, 3.8) is 0 Å². The summed E-state index contributed by atoms with van der Waals surface area (Å²) in [5.41, 5.74) is 4.00. The summed E-state index contributed by atoms with van der Waals surface area (Å²) >= 11 is 1.37. The van der Waals surface area contributed by atoms with Crippen molar-refractivity contribution in [1.29, 1.82) is 0 Å². The molecule has 0 bridgehead atoms. The molecule has 0 radical (unpaired) electrons. The zero-order valence-corrected chi connectivity index (χ0v) is 20.9. The average Bonchev–Trinajstić information content (AvgIpc) is 3.56. The molecule has 8 heteroatoms. The molecule has 1 aliphatic heterocycles. The van der Waals surface area contributed by atoms with Gasteiger partial charge in [0.25, 0.3) is 0 Å². The van der Waals surface area contributed by atoms with E-state index in [2.05, 4.69) is 46.2 Å². The molecule has 0 aliphatic carbocycles. The van der Waals surface area contributed by atoms with E-state index in [9.17, 15) is 14.3 Å². The van der Waals surface area contributed by atoms with Crippen molar-refractivity contribution < 1.29 is 19.0 Å². The molecule has 1 saturated heterocycles. The highest BCUT2D eigenvalue weighted by Crippen LogP contribution is 2.32. The maximum Gasteiger partial charge on any atom is 0.308 e. The number of methoxy groups -OCH3 is 1. The van der Waals surface area contributed by atoms with Gasteiger partial charge in [-0.1, -0.05) is 41.7 Å². The van der Waals surface area contributed by atoms with E-state index >= 15 is 0 Å². The van der Waals surface area contributed by atoms with Gasteiger partial charge in [-0.25, -0.2) is 9.37 Å². The van der Waals surface area contributed by atoms with E-state index < -0.39 is 5.97 Å². The Morgan fingerprint density at radius 1 is 1.14 bits per heavy atom. The summed E-state index contributed by atoms with van der Waals surface area (Å²) in [5.74, 6) is -0.461. The molecule has 0 amide bonds. The molecule has 3 aromatic carbocycles. The predicted molar refractivity (Wildman–Crippen MR) is 142 cm³/mol. The van der Waals surface area contributed by atoms with E-state index in [-0.39, 0.29) is 11.7 Å². The molecular formula is C28H28FN3O3S. The Morgan fingerprint density at radius 3 is 2.56 bits per heavy atom. The normalized spacial score (nSPS) is 15.4. The lowest BCUT2D eigenvalue weighted by molar-refractivity contribution is -0.140. The molecule has 2 heterocycles. The van der Waals surface area contributed by atoms with Gasteiger partial charge < -0.3 is 19.6 Å². The van der Waals surface area contributed by atoms with Crippen molar-refractivity contribution in [2.24, 2.45) is 5.92 Å². The zero-order chi connectivity index (χ0) is 25.1. The number of anilines is 2. The van der Waals surface area contributed by atoms with E-state index in [0.717, 1.165) is 41.6 Å². The monoisotopic (exact) mass is 505 g/mol. The summed E-state index contributed by atoms with van der Waals surface area (Å²) in [6, 6.07) is 21.3. The second kappa shape index (κ2) is 10.5. The number of aromatic nitrogens is 1. The average molecular weight is 506 g/mol. The molecule has 0 saturated carbocycles. The van der Waals surface area contributed by atoms with E-state index in [0.29, 0.717) is 29.7 Å². The quantitative estimate of drug-likeness (QED) is 0.319. The fourth-order valence-electron chi connectivity index (χ4n) is 4.57. The Labute approximate surface area is 213 Å². The number of fused-ring (bicyclic) bond motifs is 1. The van der Waals surface area contributed by atoms with Crippen LogP contribution in [0.3, 0.4) is 0 Å². The van der Waals surface area contributed by atoms with E-state index in [1.54, 1.807) is 13.2 Å². The Morgan fingerprint density at radius 2 is 1.89 bits per heavy atom. The minimum atomic E-state index is -0.728. The Balaban J connectivity index is 1.35. The number of ether oxygens (including phenoxy) is 1. The summed E-state index contributed by atoms with van der Waals surface area (Å²) < 4.78 is 20.2. The van der Waals surface area contributed by atoms with Gasteiger partial charge in [-0.3, -0.25) is 4.79 Å². The highest BCUT2D eigenvalue weighted by molar-refractivity contribution is 7.22. The van der Waals surface area contributed by atoms with Gasteiger partial charge in [0, 0.05) is 31.9 Å². The number of aliphatic carboxylic acids is 1. The van der Waals surface area contributed by atoms with Gasteiger partial charge in [0.05, 0.1) is 23.2 Å². The van der Waals surface area contributed by atoms with Gasteiger partial charge in [0.1, 0.15) is 11.6 Å². The number of thiazole rings is 1. The number of hydrogen-bond donors (Lipinski definition) is 1. The predicted octanol–water partition coefficient (Wildman–Crippen LogP) is 5.60. The summed E-state index contributed by atoms with van der Waals surface area (Å²) in [7, 11) is 1.66. The molecule has 36 heavy (non-hydrogen) atoms. The summed E-state index contributed by atoms with van der Waals surface area (Å²) in [5, 5.41) is 10.1. The molecular weight excluding hydrogens is 477 g/mol. The Kier molecular flexibility index (Phi) is 7.04. The van der Waals surface area contributed by atoms with Gasteiger partial charge >= 0.3 is 5.97 Å². The molecule has 1 N–H and O–H groups in total. The molecule has 6 nitrogen and oxygen atoms in total. The highest BCUT2D eigenvalue weighted by Gasteiger charge is 2.28. The first-order valence-corrected chi connectivity index (χ1v) is 12.8. The van der Waals surface area contributed by atoms with Crippen LogP contribution in [0.4, 0.5) is 15.2 Å². The van der Waals surface area contributed by atoms with E-state index in [4.69, 9.17) is 9.72 Å². The van der Waals surface area contributed by atoms with Crippen LogP contribution in [0.25, 0.3) is 10.2 Å². The van der Waals surface area contributed by atoms with Gasteiger partial charge in [0.2, 0.25) is 0 Å². The fourth-order valence-corrected chi connectivity index (χ4v) is 5.56. The lowest BCUT2D eigenvalue weighted by atomic mass is 10.1. The van der Waals surface area contributed by atoms with Crippen molar-refractivity contribution in [3.8, 4) is 5.75 Å². The van der Waals surface area contributed by atoms with Crippen LogP contribution < -0.4 is 14.5 Å². The minimum Gasteiger partial charge on any atom is -0.497 e. The van der Waals surface area contributed by atoms with Crippen molar-refractivity contribution in [2.45, 2.75) is 19.4 Å². The standard InChI is InChI=1S/C28H28FN3O3S/c1-35-23-11-7-19(8-12-23)13-15-32(28-30-25-4-2-3-24(29)26(25)36-28)17-20-5-9-22(10-6-20)31-16-14-21(18-31)27(33)34/h2-12,21H,13-18H2,1H3,(H,33,34). The lowest BCUT2D eigenvalue weighted by Crippen LogP contribution is -2.25. The van der Waals surface area contributed by atoms with E-state index in [1.807, 2.05) is 18.2 Å². The topological polar surface area (TPSA) is 65.9 Å². The summed E-state index contributed by atoms with van der Waals surface area (Å²) in [6.45, 7) is 2.65. The van der Waals surface area contributed by atoms with Gasteiger partial charge in [-0.15, -0.1) is 0 Å². The maximum absolute atomic E-state index is 14.4. The van der Waals surface area contributed by atoms with Gasteiger partial charge in [0.15, 0.2) is 5.13 Å². The molecule has 1 unspecified atom stereocenters. The van der Waals surface area contributed by atoms with Crippen LogP contribution in [-0.4, -0.2) is 42.8 Å². The Bertz CT molecular complexity index is 1340. The van der Waals surface area contributed by atoms with Crippen LogP contribution in [0, 0.1) is 11.7 Å². The summed E-state index contributed by atoms with van der Waals surface area (Å²) in [6.07, 6.45) is 1.48. The van der Waals surface area contributed by atoms with Crippen LogP contribution in [0.2, 0.25) is 0 Å². The SMILES string of the molecule is COc1ccc(CCN(Cc2ccc(N3CCC(C(=O)O)C3)cc2)c2nc3cccc(F)c3s2)cc1. The molecule has 4 aromatic rings. The molecule has 0 spiro atoms. The molecule has 1 atom stereocenters. The fraction of sp³-hybridized carbons (Fsp3) is 0.286. The van der Waals surface area contributed by atoms with Crippen LogP contribution in [0.15, 0.2) is 66.7 Å². The number of benzene rings is 3. The van der Waals surface area contributed by atoms with Crippen molar-refractivity contribution >= 4 is 38.3 Å². The molecule has 1 aliphatic rings. The van der Waals surface area contributed by atoms with Gasteiger partial charge in [-0.2, -0.15) is 0 Å². The smallest absolute Gasteiger partial charge is 0.308 e. The second-order valence-corrected chi connectivity index (χ2v) is 10.0. The molecule has 1 fully saturated rings. The van der Waals surface area contributed by atoms with Crippen molar-refractivity contribution in [1.82, 2.24) is 4.98 Å². The number of carboxylic acid groups (broad SMARTS) is 1. The third-order valence-electron chi connectivity index (χ3n) is 6.67. The summed E-state index contributed by atoms with van der Waals surface area (Å²) in [4.78, 5) is 20.4. The van der Waals surface area contributed by atoms with Crippen LogP contribution >= 0.6 is 11.3 Å². The van der Waals surface area contributed by atoms with Crippen LogP contribution in [-0.2, 0) is 17.8 Å². The highest BCUT2D eigenvalue weighted by atomic mass is 32.1. The zero-order valence-electron chi connectivity index (χ0n) is 20.1. The molecule has 5 rings (SSSR count). The second-order valence-electron chi connectivity index (χ2n) is 9.04. The third-order valence-corrected chi connectivity index (χ3v) is 7.81. The number of nitrogens with zero attached hydrogens (tertiary/aromatic N) is 3. The third kappa shape index (κ3) is 5.28. The molecule has 186 valence electrons. The van der Waals surface area contributed by atoms with Crippen molar-refractivity contribution in [3.05, 3.63) is 83.7 Å². The van der Waals surface area contributed by atoms with E-state index in [1.165, 1.54) is 23.0 Å². The number of carbonyl (C=O) groups is 1. The first kappa shape index (κ1) is 24.1. The van der Waals surface area contributed by atoms with Crippen molar-refractivity contribution in [2.75, 3.05) is 36.5 Å². The molecule has 1 aromatic heterocycles. The minimum absolute atomic E-state index is 0.249. The maximum atomic E-state index is 14.4. The largest absolute Gasteiger partial charge is 0.497 e. The number of rotatable bonds is 9. The number of carboxylic acids is 1. The number of halogens is 1. The Hall–Kier alpha value is -3.65. The number of hydrogen-bond acceptors (Lipinski definition) is 6. The first-order valence-electron chi connectivity index (χ1n) is 12.0. The van der Waals surface area contributed by atoms with Crippen LogP contribution in [0.1, 0.15) is 17.5 Å².